The number of carbonyl (C=O) groups is 1. The van der Waals surface area contributed by atoms with Gasteiger partial charge in [0, 0.05) is 12.8 Å². The number of alkyl halides is 3. The van der Waals surface area contributed by atoms with Crippen LogP contribution in [0.3, 0.4) is 0 Å². The second-order valence-corrected chi connectivity index (χ2v) is 10.8. The first-order valence-corrected chi connectivity index (χ1v) is 13.7. The van der Waals surface area contributed by atoms with E-state index in [-0.39, 0.29) is 22.0 Å². The molecule has 37 heavy (non-hydrogen) atoms. The van der Waals surface area contributed by atoms with Gasteiger partial charge in [-0.3, -0.25) is 0 Å². The largest absolute Gasteiger partial charge is 0.430 e. The first-order valence-electron chi connectivity index (χ1n) is 11.0. The number of amides is 1. The highest BCUT2D eigenvalue weighted by Crippen LogP contribution is 2.32. The summed E-state index contributed by atoms with van der Waals surface area (Å²) in [6, 6.07) is 13.9. The number of nitrogens with zero attached hydrogens (tertiary/aromatic N) is 1. The van der Waals surface area contributed by atoms with Crippen LogP contribution in [0.4, 0.5) is 23.7 Å². The molecule has 3 aromatic rings. The third-order valence-electron chi connectivity index (χ3n) is 4.90. The maximum atomic E-state index is 13.3. The highest BCUT2D eigenvalue weighted by atomic mass is 32.2. The van der Waals surface area contributed by atoms with E-state index in [4.69, 9.17) is 10.5 Å². The molecule has 0 saturated heterocycles. The number of nitrogens with two attached hydrogens (primary N) is 1. The molecule has 3 N–H and O–H groups in total. The lowest BCUT2D eigenvalue weighted by molar-refractivity contribution is -0.0925. The van der Waals surface area contributed by atoms with Crippen LogP contribution >= 0.6 is 11.3 Å². The van der Waals surface area contributed by atoms with Crippen molar-refractivity contribution >= 4 is 38.7 Å². The number of sulfone groups is 1. The van der Waals surface area contributed by atoms with Crippen molar-refractivity contribution in [3.05, 3.63) is 76.6 Å². The van der Waals surface area contributed by atoms with Gasteiger partial charge < -0.3 is 15.8 Å². The lowest BCUT2D eigenvalue weighted by Crippen LogP contribution is -2.27. The van der Waals surface area contributed by atoms with Crippen LogP contribution in [0.2, 0.25) is 0 Å². The topological polar surface area (TPSA) is 111 Å². The number of rotatable bonds is 8. The molecule has 1 heterocycles. The number of halogens is 3. The summed E-state index contributed by atoms with van der Waals surface area (Å²) in [5.41, 5.74) is 5.09. The van der Waals surface area contributed by atoms with Gasteiger partial charge in [0.1, 0.15) is 11.4 Å². The number of nitrogens with one attached hydrogen (secondary N) is 1. The van der Waals surface area contributed by atoms with E-state index in [1.54, 1.807) is 35.7 Å². The molecule has 0 aliphatic heterocycles. The van der Waals surface area contributed by atoms with E-state index >= 15 is 0 Å². The lowest BCUT2D eigenvalue weighted by Gasteiger charge is -2.10. The predicted molar refractivity (Wildman–Crippen MR) is 138 cm³/mol. The molecule has 7 nitrogen and oxygen atoms in total. The molecule has 0 fully saturated rings. The Bertz CT molecular complexity index is 1450. The number of hydrogen-bond donors (Lipinski definition) is 2. The van der Waals surface area contributed by atoms with Gasteiger partial charge >= 0.3 is 12.3 Å². The molecule has 196 valence electrons. The Labute approximate surface area is 216 Å². The highest BCUT2D eigenvalue weighted by molar-refractivity contribution is 7.90. The standard InChI is InChI=1S/C25H24F3N3O4S2/c1-3-11-30-24(32)35-21-10-5-4-9-19(21)31-20(14-23(29)25(26,27)28)22-13-17(15-36-22)16-7-6-8-18(12-16)37(2,33)34/h4-10,12-15H,3,11,29H2,1-2H3,(H,30,32)/b23-14-,31-20?. The Morgan fingerprint density at radius 1 is 1.14 bits per heavy atom. The molecule has 0 bridgehead atoms. The molecular weight excluding hydrogens is 527 g/mol. The van der Waals surface area contributed by atoms with Crippen molar-refractivity contribution < 1.29 is 31.1 Å². The third kappa shape index (κ3) is 7.67. The number of thiophene rings is 1. The number of carbonyl (C=O) groups excluding carboxylic acids is 1. The predicted octanol–water partition coefficient (Wildman–Crippen LogP) is 5.84. The summed E-state index contributed by atoms with van der Waals surface area (Å²) in [5.74, 6) is 0.0465. The molecular formula is C25H24F3N3O4S2. The summed E-state index contributed by atoms with van der Waals surface area (Å²) in [6.07, 6.45) is -3.03. The van der Waals surface area contributed by atoms with E-state index in [1.807, 2.05) is 6.92 Å². The molecule has 0 saturated carbocycles. The molecule has 2 aromatic carbocycles. The first-order chi connectivity index (χ1) is 17.4. The maximum Gasteiger partial charge on any atom is 0.430 e. The number of aliphatic imine (C=N–C) groups is 1. The van der Waals surface area contributed by atoms with Gasteiger partial charge in [-0.25, -0.2) is 18.2 Å². The van der Waals surface area contributed by atoms with Gasteiger partial charge in [0.2, 0.25) is 0 Å². The quantitative estimate of drug-likeness (QED) is 0.342. The molecule has 0 aliphatic rings. The van der Waals surface area contributed by atoms with Crippen LogP contribution in [0.15, 0.2) is 81.6 Å². The first kappa shape index (κ1) is 27.9. The number of ether oxygens (including phenoxy) is 1. The summed E-state index contributed by atoms with van der Waals surface area (Å²) >= 11 is 1.10. The van der Waals surface area contributed by atoms with E-state index < -0.39 is 27.8 Å². The second-order valence-electron chi connectivity index (χ2n) is 7.88. The van der Waals surface area contributed by atoms with Gasteiger partial charge in [-0.15, -0.1) is 11.3 Å². The monoisotopic (exact) mass is 551 g/mol. The van der Waals surface area contributed by atoms with E-state index in [2.05, 4.69) is 10.3 Å². The van der Waals surface area contributed by atoms with Crippen LogP contribution in [-0.2, 0) is 9.84 Å². The third-order valence-corrected chi connectivity index (χ3v) is 6.96. The smallest absolute Gasteiger partial charge is 0.408 e. The van der Waals surface area contributed by atoms with Gasteiger partial charge in [-0.05, 0) is 59.3 Å². The number of hydrogen-bond acceptors (Lipinski definition) is 7. The summed E-state index contributed by atoms with van der Waals surface area (Å²) in [5, 5.41) is 4.22. The van der Waals surface area contributed by atoms with Crippen LogP contribution in [-0.4, -0.2) is 39.2 Å². The van der Waals surface area contributed by atoms with Crippen LogP contribution < -0.4 is 15.8 Å². The van der Waals surface area contributed by atoms with Gasteiger partial charge in [-0.1, -0.05) is 31.2 Å². The van der Waals surface area contributed by atoms with E-state index in [0.717, 1.165) is 17.6 Å². The Morgan fingerprint density at radius 2 is 1.86 bits per heavy atom. The fraction of sp³-hybridized carbons (Fsp3) is 0.200. The maximum absolute atomic E-state index is 13.3. The molecule has 1 aromatic heterocycles. The fourth-order valence-corrected chi connectivity index (χ4v) is 4.59. The molecule has 1 amide bonds. The van der Waals surface area contributed by atoms with Crippen molar-refractivity contribution in [3.8, 4) is 16.9 Å². The molecule has 0 radical (unpaired) electrons. The van der Waals surface area contributed by atoms with Crippen LogP contribution in [0.25, 0.3) is 11.1 Å². The van der Waals surface area contributed by atoms with Crippen LogP contribution in [0.5, 0.6) is 5.75 Å². The SMILES string of the molecule is CCCNC(=O)Oc1ccccc1N=C(/C=C(\N)C(F)(F)F)c1cc(-c2cccc(S(C)(=O)=O)c2)cs1. The average Bonchev–Trinajstić information content (AvgIpc) is 3.33. The zero-order valence-corrected chi connectivity index (χ0v) is 21.5. The van der Waals surface area contributed by atoms with E-state index in [9.17, 15) is 26.4 Å². The van der Waals surface area contributed by atoms with Gasteiger partial charge in [-0.2, -0.15) is 13.2 Å². The summed E-state index contributed by atoms with van der Waals surface area (Å²) in [7, 11) is -3.45. The molecule has 0 unspecified atom stereocenters. The van der Waals surface area contributed by atoms with E-state index in [0.29, 0.717) is 35.0 Å². The zero-order valence-electron chi connectivity index (χ0n) is 19.9. The van der Waals surface area contributed by atoms with Crippen LogP contribution in [0.1, 0.15) is 18.2 Å². The highest BCUT2D eigenvalue weighted by Gasteiger charge is 2.32. The summed E-state index contributed by atoms with van der Waals surface area (Å²) in [4.78, 5) is 16.8. The van der Waals surface area contributed by atoms with Crippen molar-refractivity contribution in [2.45, 2.75) is 24.4 Å². The molecule has 0 aliphatic carbocycles. The number of allylic oxidation sites excluding steroid dienone is 2. The average molecular weight is 552 g/mol. The Balaban J connectivity index is 2.07. The van der Waals surface area contributed by atoms with Crippen molar-refractivity contribution in [2.75, 3.05) is 12.8 Å². The van der Waals surface area contributed by atoms with E-state index in [1.165, 1.54) is 24.3 Å². The normalized spacial score (nSPS) is 12.9. The minimum absolute atomic E-state index is 0.0465. The van der Waals surface area contributed by atoms with Crippen molar-refractivity contribution in [3.63, 3.8) is 0 Å². The molecule has 3 rings (SSSR count). The molecule has 0 spiro atoms. The van der Waals surface area contributed by atoms with Gasteiger partial charge in [0.15, 0.2) is 15.6 Å². The van der Waals surface area contributed by atoms with Crippen molar-refractivity contribution in [1.29, 1.82) is 0 Å². The fourth-order valence-electron chi connectivity index (χ4n) is 3.04. The Kier molecular flexibility index (Phi) is 8.77. The van der Waals surface area contributed by atoms with Gasteiger partial charge in [0.25, 0.3) is 0 Å². The van der Waals surface area contributed by atoms with Crippen LogP contribution in [0, 0.1) is 0 Å². The second kappa shape index (κ2) is 11.6. The Hall–Kier alpha value is -3.64. The Morgan fingerprint density at radius 3 is 2.54 bits per heavy atom. The minimum Gasteiger partial charge on any atom is -0.408 e. The molecule has 0 atom stereocenters. The minimum atomic E-state index is -4.79. The van der Waals surface area contributed by atoms with Gasteiger partial charge in [0.05, 0.1) is 15.5 Å². The lowest BCUT2D eigenvalue weighted by atomic mass is 10.1. The molecule has 12 heteroatoms. The summed E-state index contributed by atoms with van der Waals surface area (Å²) < 4.78 is 69.0. The number of para-hydroxylation sites is 2. The number of benzene rings is 2. The zero-order chi connectivity index (χ0) is 27.2. The van der Waals surface area contributed by atoms with Crippen molar-refractivity contribution in [1.82, 2.24) is 5.32 Å². The summed E-state index contributed by atoms with van der Waals surface area (Å²) in [6.45, 7) is 2.26. The van der Waals surface area contributed by atoms with Crippen molar-refractivity contribution in [2.24, 2.45) is 10.7 Å².